The van der Waals surface area contributed by atoms with Crippen molar-refractivity contribution in [3.05, 3.63) is 29.8 Å². The summed E-state index contributed by atoms with van der Waals surface area (Å²) in [7, 11) is 0. The Labute approximate surface area is 109 Å². The second-order valence-corrected chi connectivity index (χ2v) is 4.32. The number of aliphatic hydroxyl groups is 2. The van der Waals surface area contributed by atoms with E-state index in [0.717, 1.165) is 0 Å². The zero-order valence-electron chi connectivity index (χ0n) is 9.98. The van der Waals surface area contributed by atoms with Gasteiger partial charge in [0.2, 0.25) is 0 Å². The molecule has 0 aromatic heterocycles. The minimum atomic E-state index is -1.14. The molecule has 1 fully saturated rings. The van der Waals surface area contributed by atoms with Gasteiger partial charge in [0.1, 0.15) is 0 Å². The van der Waals surface area contributed by atoms with Crippen molar-refractivity contribution in [3.8, 4) is 0 Å². The molecule has 2 rings (SSSR count). The lowest BCUT2D eigenvalue weighted by Crippen LogP contribution is -2.34. The number of nitrogens with zero attached hydrogens (tertiary/aromatic N) is 1. The minimum Gasteiger partial charge on any atom is -0.478 e. The number of hydrogen-bond donors (Lipinski definition) is 4. The summed E-state index contributed by atoms with van der Waals surface area (Å²) in [4.78, 5) is 24.1. The Morgan fingerprint density at radius 1 is 1.16 bits per heavy atom. The molecular weight excluding hydrogens is 252 g/mol. The highest BCUT2D eigenvalue weighted by Gasteiger charge is 2.32. The van der Waals surface area contributed by atoms with Gasteiger partial charge in [0.15, 0.2) is 0 Å². The molecule has 4 N–H and O–H groups in total. The summed E-state index contributed by atoms with van der Waals surface area (Å²) in [6.07, 6.45) is -1.94. The van der Waals surface area contributed by atoms with Crippen LogP contribution in [0.25, 0.3) is 0 Å². The van der Waals surface area contributed by atoms with Gasteiger partial charge in [0.05, 0.1) is 36.5 Å². The van der Waals surface area contributed by atoms with Crippen molar-refractivity contribution in [2.75, 3.05) is 18.4 Å². The van der Waals surface area contributed by atoms with Crippen LogP contribution in [0, 0.1) is 0 Å². The number of rotatable bonds is 2. The maximum absolute atomic E-state index is 11.9. The Balaban J connectivity index is 2.10. The second-order valence-electron chi connectivity index (χ2n) is 4.32. The maximum atomic E-state index is 11.9. The molecule has 7 heteroatoms. The van der Waals surface area contributed by atoms with E-state index in [2.05, 4.69) is 5.32 Å². The quantitative estimate of drug-likeness (QED) is 0.600. The van der Waals surface area contributed by atoms with Crippen molar-refractivity contribution in [3.63, 3.8) is 0 Å². The smallest absolute Gasteiger partial charge is 0.337 e. The molecule has 2 unspecified atom stereocenters. The van der Waals surface area contributed by atoms with E-state index in [0.29, 0.717) is 0 Å². The van der Waals surface area contributed by atoms with Crippen molar-refractivity contribution in [1.29, 1.82) is 0 Å². The van der Waals surface area contributed by atoms with Gasteiger partial charge in [0, 0.05) is 0 Å². The highest BCUT2D eigenvalue weighted by atomic mass is 16.4. The molecule has 1 aliphatic heterocycles. The van der Waals surface area contributed by atoms with Crippen molar-refractivity contribution in [2.24, 2.45) is 0 Å². The number of likely N-dealkylation sites (tertiary alicyclic amines) is 1. The SMILES string of the molecule is O=C(O)c1ccccc1NC(=O)N1CC(O)C(O)C1. The number of carbonyl (C=O) groups is 2. The fourth-order valence-electron chi connectivity index (χ4n) is 1.91. The van der Waals surface area contributed by atoms with E-state index in [9.17, 15) is 19.8 Å². The highest BCUT2D eigenvalue weighted by molar-refractivity contribution is 6.00. The van der Waals surface area contributed by atoms with E-state index in [1.807, 2.05) is 0 Å². The van der Waals surface area contributed by atoms with E-state index >= 15 is 0 Å². The van der Waals surface area contributed by atoms with Gasteiger partial charge < -0.3 is 25.5 Å². The van der Waals surface area contributed by atoms with Crippen molar-refractivity contribution >= 4 is 17.7 Å². The van der Waals surface area contributed by atoms with E-state index in [4.69, 9.17) is 5.11 Å². The Morgan fingerprint density at radius 3 is 2.32 bits per heavy atom. The first kappa shape index (κ1) is 13.3. The standard InChI is InChI=1S/C12H14N2O5/c15-9-5-14(6-10(9)16)12(19)13-8-4-2-1-3-7(8)11(17)18/h1-4,9-10,15-16H,5-6H2,(H,13,19)(H,17,18). The Hall–Kier alpha value is -2.12. The molecule has 0 radical (unpaired) electrons. The lowest BCUT2D eigenvalue weighted by atomic mass is 10.2. The molecule has 1 aromatic rings. The summed E-state index contributed by atoms with van der Waals surface area (Å²) in [6, 6.07) is 5.47. The molecule has 0 saturated carbocycles. The number of carboxylic acids is 1. The summed E-state index contributed by atoms with van der Waals surface area (Å²) in [5, 5.41) is 30.2. The monoisotopic (exact) mass is 266 g/mol. The number of amides is 2. The zero-order chi connectivity index (χ0) is 14.0. The van der Waals surface area contributed by atoms with Gasteiger partial charge in [0.25, 0.3) is 0 Å². The fourth-order valence-corrected chi connectivity index (χ4v) is 1.91. The molecule has 102 valence electrons. The molecule has 1 aromatic carbocycles. The number of carbonyl (C=O) groups excluding carboxylic acids is 1. The molecule has 19 heavy (non-hydrogen) atoms. The van der Waals surface area contributed by atoms with Crippen LogP contribution in [0.4, 0.5) is 10.5 Å². The van der Waals surface area contributed by atoms with Crippen LogP contribution in [-0.4, -0.2) is 57.5 Å². The third-order valence-electron chi connectivity index (χ3n) is 2.95. The Kier molecular flexibility index (Phi) is 3.68. The Morgan fingerprint density at radius 2 is 1.74 bits per heavy atom. The van der Waals surface area contributed by atoms with Gasteiger partial charge in [-0.25, -0.2) is 9.59 Å². The zero-order valence-corrected chi connectivity index (χ0v) is 9.98. The molecule has 7 nitrogen and oxygen atoms in total. The van der Waals surface area contributed by atoms with Gasteiger partial charge in [-0.05, 0) is 12.1 Å². The predicted molar refractivity (Wildman–Crippen MR) is 66.0 cm³/mol. The second kappa shape index (κ2) is 5.25. The van der Waals surface area contributed by atoms with Gasteiger partial charge in [-0.3, -0.25) is 0 Å². The molecule has 0 bridgehead atoms. The number of aromatic carboxylic acids is 1. The number of aliphatic hydroxyl groups excluding tert-OH is 2. The predicted octanol–water partition coefficient (Wildman–Crippen LogP) is -0.0459. The van der Waals surface area contributed by atoms with Crippen LogP contribution >= 0.6 is 0 Å². The summed E-state index contributed by atoms with van der Waals surface area (Å²) in [5.74, 6) is -1.14. The molecule has 0 aliphatic carbocycles. The van der Waals surface area contributed by atoms with Crippen LogP contribution in [0.5, 0.6) is 0 Å². The normalized spacial score (nSPS) is 22.3. The third-order valence-corrected chi connectivity index (χ3v) is 2.95. The van der Waals surface area contributed by atoms with E-state index in [1.165, 1.54) is 17.0 Å². The number of benzene rings is 1. The first-order valence-electron chi connectivity index (χ1n) is 5.73. The molecule has 1 heterocycles. The fraction of sp³-hybridized carbons (Fsp3) is 0.333. The number of urea groups is 1. The first-order chi connectivity index (χ1) is 8.99. The van der Waals surface area contributed by atoms with Crippen LogP contribution in [0.3, 0.4) is 0 Å². The number of nitrogens with one attached hydrogen (secondary N) is 1. The van der Waals surface area contributed by atoms with Crippen molar-refractivity contribution < 1.29 is 24.9 Å². The molecule has 2 atom stereocenters. The summed E-state index contributed by atoms with van der Waals surface area (Å²) in [6.45, 7) is 0.0322. The van der Waals surface area contributed by atoms with Crippen molar-refractivity contribution in [2.45, 2.75) is 12.2 Å². The topological polar surface area (TPSA) is 110 Å². The summed E-state index contributed by atoms with van der Waals surface area (Å²) in [5.41, 5.74) is 0.159. The highest BCUT2D eigenvalue weighted by Crippen LogP contribution is 2.17. The molecule has 1 aliphatic rings. The van der Waals surface area contributed by atoms with E-state index in [-0.39, 0.29) is 24.3 Å². The van der Waals surface area contributed by atoms with Crippen molar-refractivity contribution in [1.82, 2.24) is 4.90 Å². The van der Waals surface area contributed by atoms with Crippen LogP contribution in [-0.2, 0) is 0 Å². The van der Waals surface area contributed by atoms with Gasteiger partial charge in [-0.15, -0.1) is 0 Å². The molecule has 1 saturated heterocycles. The lowest BCUT2D eigenvalue weighted by Gasteiger charge is -2.17. The van der Waals surface area contributed by atoms with Crippen LogP contribution in [0.1, 0.15) is 10.4 Å². The average molecular weight is 266 g/mol. The Bertz CT molecular complexity index is 495. The third kappa shape index (κ3) is 2.83. The lowest BCUT2D eigenvalue weighted by molar-refractivity contribution is 0.0572. The van der Waals surface area contributed by atoms with Gasteiger partial charge in [-0.2, -0.15) is 0 Å². The van der Waals surface area contributed by atoms with Crippen LogP contribution < -0.4 is 5.32 Å². The molecular formula is C12H14N2O5. The largest absolute Gasteiger partial charge is 0.478 e. The minimum absolute atomic E-state index is 0.0161. The van der Waals surface area contributed by atoms with Crippen LogP contribution in [0.2, 0.25) is 0 Å². The number of β-amino-alcohol motifs (C(OH)–C–C–N with tert-alkyl or cyclic N) is 2. The first-order valence-corrected chi connectivity index (χ1v) is 5.73. The maximum Gasteiger partial charge on any atom is 0.337 e. The van der Waals surface area contributed by atoms with Gasteiger partial charge in [-0.1, -0.05) is 12.1 Å². The number of carboxylic acid groups (broad SMARTS) is 1. The number of anilines is 1. The number of para-hydroxylation sites is 1. The van der Waals surface area contributed by atoms with Gasteiger partial charge >= 0.3 is 12.0 Å². The summed E-state index contributed by atoms with van der Waals surface area (Å²) < 4.78 is 0. The molecule has 2 amide bonds. The van der Waals surface area contributed by atoms with Crippen LogP contribution in [0.15, 0.2) is 24.3 Å². The number of hydrogen-bond acceptors (Lipinski definition) is 4. The van der Waals surface area contributed by atoms with E-state index < -0.39 is 24.2 Å². The molecule has 0 spiro atoms. The summed E-state index contributed by atoms with van der Waals surface area (Å²) >= 11 is 0. The average Bonchev–Trinajstić information content (AvgIpc) is 2.70. The van der Waals surface area contributed by atoms with E-state index in [1.54, 1.807) is 12.1 Å².